The molecule has 1 atom stereocenters. The van der Waals surface area contributed by atoms with Crippen molar-refractivity contribution in [1.29, 1.82) is 0 Å². The second-order valence-electron chi connectivity index (χ2n) is 5.86. The zero-order valence-electron chi connectivity index (χ0n) is 12.8. The number of fused-ring (bicyclic) bond motifs is 1. The lowest BCUT2D eigenvalue weighted by atomic mass is 9.79. The smallest absolute Gasteiger partial charge is 0.126 e. The Morgan fingerprint density at radius 3 is 2.52 bits per heavy atom. The molecule has 0 saturated carbocycles. The van der Waals surface area contributed by atoms with Crippen LogP contribution in [0.15, 0.2) is 41.4 Å². The van der Waals surface area contributed by atoms with E-state index in [0.29, 0.717) is 5.56 Å². The molecule has 0 amide bonds. The van der Waals surface area contributed by atoms with Crippen molar-refractivity contribution in [2.45, 2.75) is 26.3 Å². The Bertz CT molecular complexity index is 736. The minimum Gasteiger partial charge on any atom is -0.352 e. The van der Waals surface area contributed by atoms with Gasteiger partial charge in [0, 0.05) is 12.6 Å². The van der Waals surface area contributed by atoms with Gasteiger partial charge in [-0.3, -0.25) is 0 Å². The van der Waals surface area contributed by atoms with Crippen molar-refractivity contribution < 1.29 is 4.39 Å². The Hall–Kier alpha value is -2.16. The summed E-state index contributed by atoms with van der Waals surface area (Å²) in [7, 11) is 2.01. The van der Waals surface area contributed by atoms with Crippen molar-refractivity contribution in [3.05, 3.63) is 64.5 Å². The molecule has 2 nitrogen and oxygen atoms in total. The van der Waals surface area contributed by atoms with Crippen LogP contribution in [0.4, 0.5) is 10.1 Å². The number of rotatable bonds is 1. The van der Waals surface area contributed by atoms with Gasteiger partial charge in [0.05, 0.1) is 17.6 Å². The number of aliphatic imine (C=N–C) groups is 1. The summed E-state index contributed by atoms with van der Waals surface area (Å²) < 4.78 is 13.8. The fraction of sp³-hybridized carbons (Fsp3) is 0.278. The maximum atomic E-state index is 13.8. The minimum absolute atomic E-state index is 0.153. The van der Waals surface area contributed by atoms with E-state index in [1.807, 2.05) is 51.5 Å². The molecule has 0 aliphatic carbocycles. The fourth-order valence-corrected chi connectivity index (χ4v) is 3.09. The van der Waals surface area contributed by atoms with E-state index in [-0.39, 0.29) is 11.4 Å². The predicted octanol–water partition coefficient (Wildman–Crippen LogP) is 4.31. The first kappa shape index (κ1) is 13.8. The van der Waals surface area contributed by atoms with E-state index in [1.165, 1.54) is 0 Å². The molecular formula is C18H19FN2. The number of hydrogen-bond acceptors (Lipinski definition) is 2. The third kappa shape index (κ3) is 1.96. The van der Waals surface area contributed by atoms with Gasteiger partial charge in [0.15, 0.2) is 0 Å². The number of nitrogens with zero attached hydrogens (tertiary/aromatic N) is 2. The second kappa shape index (κ2) is 4.69. The lowest BCUT2D eigenvalue weighted by Gasteiger charge is -2.42. The van der Waals surface area contributed by atoms with Gasteiger partial charge < -0.3 is 4.90 Å². The van der Waals surface area contributed by atoms with Gasteiger partial charge >= 0.3 is 0 Å². The van der Waals surface area contributed by atoms with Gasteiger partial charge in [0.25, 0.3) is 0 Å². The molecule has 2 aromatic rings. The molecule has 0 bridgehead atoms. The third-order valence-corrected chi connectivity index (χ3v) is 4.53. The molecule has 1 heterocycles. The monoisotopic (exact) mass is 282 g/mol. The lowest BCUT2D eigenvalue weighted by molar-refractivity contribution is 0.290. The highest BCUT2D eigenvalue weighted by atomic mass is 19.1. The zero-order chi connectivity index (χ0) is 15.2. The molecule has 2 aromatic carbocycles. The Morgan fingerprint density at radius 1 is 1.05 bits per heavy atom. The quantitative estimate of drug-likeness (QED) is 0.761. The van der Waals surface area contributed by atoms with Crippen LogP contribution in [0.3, 0.4) is 0 Å². The molecule has 108 valence electrons. The lowest BCUT2D eigenvalue weighted by Crippen LogP contribution is -2.43. The predicted molar refractivity (Wildman–Crippen MR) is 84.7 cm³/mol. The van der Waals surface area contributed by atoms with Crippen LogP contribution in [-0.2, 0) is 5.54 Å². The van der Waals surface area contributed by atoms with Crippen molar-refractivity contribution in [2.24, 2.45) is 4.99 Å². The molecule has 21 heavy (non-hydrogen) atoms. The maximum absolute atomic E-state index is 13.8. The summed E-state index contributed by atoms with van der Waals surface area (Å²) in [5.41, 5.74) is 4.51. The van der Waals surface area contributed by atoms with E-state index < -0.39 is 0 Å². The van der Waals surface area contributed by atoms with Crippen LogP contribution in [0.2, 0.25) is 0 Å². The molecule has 3 rings (SSSR count). The van der Waals surface area contributed by atoms with Crippen molar-refractivity contribution in [3.63, 3.8) is 0 Å². The molecule has 3 heteroatoms. The molecule has 1 aliphatic rings. The van der Waals surface area contributed by atoms with Gasteiger partial charge in [-0.15, -0.1) is 0 Å². The van der Waals surface area contributed by atoms with Gasteiger partial charge in [0.1, 0.15) is 5.82 Å². The van der Waals surface area contributed by atoms with Gasteiger partial charge in [-0.05, 0) is 49.6 Å². The highest BCUT2D eigenvalue weighted by Crippen LogP contribution is 2.43. The number of aryl methyl sites for hydroxylation is 2. The molecule has 0 fully saturated rings. The minimum atomic E-state index is -0.346. The summed E-state index contributed by atoms with van der Waals surface area (Å²) in [6.07, 6.45) is 1.85. The van der Waals surface area contributed by atoms with Gasteiger partial charge in [-0.1, -0.05) is 24.3 Å². The SMILES string of the molecule is Cc1cc(C2(C)c3ccccc3N=CN2C)c(C)cc1F. The van der Waals surface area contributed by atoms with Crippen LogP contribution in [0.25, 0.3) is 0 Å². The highest BCUT2D eigenvalue weighted by molar-refractivity contribution is 5.72. The van der Waals surface area contributed by atoms with Gasteiger partial charge in [0.2, 0.25) is 0 Å². The third-order valence-electron chi connectivity index (χ3n) is 4.53. The average Bonchev–Trinajstić information content (AvgIpc) is 2.47. The number of hydrogen-bond donors (Lipinski definition) is 0. The summed E-state index contributed by atoms with van der Waals surface area (Å²) in [6, 6.07) is 11.7. The first-order valence-electron chi connectivity index (χ1n) is 7.08. The standard InChI is InChI=1S/C18H19FN2/c1-12-10-16(19)13(2)9-15(12)18(3)14-7-5-6-8-17(14)20-11-21(18)4/h5-11H,1-4H3. The van der Waals surface area contributed by atoms with E-state index in [0.717, 1.165) is 22.4 Å². The number of halogens is 1. The van der Waals surface area contributed by atoms with E-state index >= 15 is 0 Å². The summed E-state index contributed by atoms with van der Waals surface area (Å²) in [5.74, 6) is -0.153. The molecule has 0 N–H and O–H groups in total. The zero-order valence-corrected chi connectivity index (χ0v) is 12.8. The molecule has 1 aliphatic heterocycles. The normalized spacial score (nSPS) is 20.5. The van der Waals surface area contributed by atoms with Crippen LogP contribution >= 0.6 is 0 Å². The average molecular weight is 282 g/mol. The van der Waals surface area contributed by atoms with Crippen molar-refractivity contribution in [2.75, 3.05) is 7.05 Å². The van der Waals surface area contributed by atoms with Crippen LogP contribution in [0, 0.1) is 19.7 Å². The summed E-state index contributed by atoms with van der Waals surface area (Å²) in [6.45, 7) is 5.94. The van der Waals surface area contributed by atoms with Crippen LogP contribution in [0.5, 0.6) is 0 Å². The molecule has 0 saturated heterocycles. The second-order valence-corrected chi connectivity index (χ2v) is 5.86. The Balaban J connectivity index is 2.29. The van der Waals surface area contributed by atoms with Crippen molar-refractivity contribution in [1.82, 2.24) is 4.90 Å². The summed E-state index contributed by atoms with van der Waals surface area (Å²) in [5, 5.41) is 0. The van der Waals surface area contributed by atoms with E-state index in [9.17, 15) is 4.39 Å². The Morgan fingerprint density at radius 2 is 1.76 bits per heavy atom. The van der Waals surface area contributed by atoms with Crippen molar-refractivity contribution in [3.8, 4) is 0 Å². The molecule has 1 unspecified atom stereocenters. The fourth-order valence-electron chi connectivity index (χ4n) is 3.09. The Kier molecular flexibility index (Phi) is 3.08. The topological polar surface area (TPSA) is 15.6 Å². The van der Waals surface area contributed by atoms with Crippen molar-refractivity contribution >= 4 is 12.0 Å². The maximum Gasteiger partial charge on any atom is 0.126 e. The van der Waals surface area contributed by atoms with Crippen LogP contribution in [0.1, 0.15) is 29.2 Å². The van der Waals surface area contributed by atoms with E-state index in [4.69, 9.17) is 0 Å². The highest BCUT2D eigenvalue weighted by Gasteiger charge is 2.37. The first-order valence-corrected chi connectivity index (χ1v) is 7.08. The van der Waals surface area contributed by atoms with Crippen LogP contribution < -0.4 is 0 Å². The molecular weight excluding hydrogens is 263 g/mol. The van der Waals surface area contributed by atoms with Gasteiger partial charge in [-0.2, -0.15) is 0 Å². The van der Waals surface area contributed by atoms with E-state index in [1.54, 1.807) is 6.07 Å². The number of para-hydroxylation sites is 1. The van der Waals surface area contributed by atoms with E-state index in [2.05, 4.69) is 22.9 Å². The molecule has 0 aromatic heterocycles. The van der Waals surface area contributed by atoms with Gasteiger partial charge in [-0.25, -0.2) is 9.38 Å². The summed E-state index contributed by atoms with van der Waals surface area (Å²) in [4.78, 5) is 6.58. The molecule has 0 radical (unpaired) electrons. The largest absolute Gasteiger partial charge is 0.352 e. The Labute approximate surface area is 124 Å². The summed E-state index contributed by atoms with van der Waals surface area (Å²) >= 11 is 0. The van der Waals surface area contributed by atoms with Crippen LogP contribution in [-0.4, -0.2) is 18.3 Å². The molecule has 0 spiro atoms. The number of benzene rings is 2. The first-order chi connectivity index (χ1) is 9.94.